The van der Waals surface area contributed by atoms with Crippen LogP contribution in [0.3, 0.4) is 0 Å². The highest BCUT2D eigenvalue weighted by Gasteiger charge is 2.52. The Bertz CT molecular complexity index is 1070. The number of fused-ring (bicyclic) bond motifs is 1. The lowest BCUT2D eigenvalue weighted by Crippen LogP contribution is -2.36. The highest BCUT2D eigenvalue weighted by Crippen LogP contribution is 2.40. The number of aromatic nitrogens is 3. The molecule has 3 rings (SSSR count). The maximum Gasteiger partial charge on any atom is 0.323 e. The second-order valence-corrected chi connectivity index (χ2v) is 9.43. The molecule has 2 aromatic heterocycles. The zero-order valence-electron chi connectivity index (χ0n) is 19.4. The lowest BCUT2D eigenvalue weighted by atomic mass is 9.94. The molecule has 1 aliphatic rings. The summed E-state index contributed by atoms with van der Waals surface area (Å²) in [4.78, 5) is 16.0. The van der Waals surface area contributed by atoms with Crippen molar-refractivity contribution in [2.45, 2.75) is 63.9 Å². The van der Waals surface area contributed by atoms with Gasteiger partial charge in [0.25, 0.3) is 8.18 Å². The van der Waals surface area contributed by atoms with Crippen LogP contribution in [-0.2, 0) is 29.0 Å². The number of nitrogens with two attached hydrogens (primary N) is 1. The molecule has 0 saturated carbocycles. The Hall–Kier alpha value is -2.55. The average Bonchev–Trinajstić information content (AvgIpc) is 3.40. The highest BCUT2D eigenvalue weighted by molar-refractivity contribution is 7.36. The van der Waals surface area contributed by atoms with E-state index >= 15 is 0 Å². The number of rotatable bonds is 11. The van der Waals surface area contributed by atoms with Crippen molar-refractivity contribution >= 4 is 25.5 Å². The van der Waals surface area contributed by atoms with E-state index in [2.05, 4.69) is 15.2 Å². The quantitative estimate of drug-likeness (QED) is 0.305. The first-order valence-electron chi connectivity index (χ1n) is 11.2. The number of hydrogen-bond acceptors (Lipinski definition) is 10. The van der Waals surface area contributed by atoms with E-state index < -0.39 is 38.0 Å². The van der Waals surface area contributed by atoms with Crippen molar-refractivity contribution in [2.75, 3.05) is 18.9 Å². The number of nitrogens with one attached hydrogen (secondary N) is 1. The standard InChI is InChI=1S/C21H31N6O6P/c1-4-14(5-2)9-31-20(29)13(3)26-34(30)32-10-15-8-18(28)21(11-22,33-15)17-7-6-16-19(23)24-12-25-27(16)17/h6-7,12-15,18,28,34H,4-5,8-10H2,1-3H3,(H,26,30)(H2,23,24,25)/t13-,15-,18+,21-/m0/s1. The number of ether oxygens (including phenoxy) is 2. The number of nitrogens with zero attached hydrogens (tertiary/aromatic N) is 4. The van der Waals surface area contributed by atoms with Gasteiger partial charge in [-0.15, -0.1) is 0 Å². The van der Waals surface area contributed by atoms with Crippen LogP contribution in [0, 0.1) is 17.2 Å². The topological polar surface area (TPSA) is 174 Å². The molecular weight excluding hydrogens is 463 g/mol. The van der Waals surface area contributed by atoms with Gasteiger partial charge in [0.05, 0.1) is 25.0 Å². The summed E-state index contributed by atoms with van der Waals surface area (Å²) in [6.45, 7) is 5.77. The third-order valence-corrected chi connectivity index (χ3v) is 7.14. The minimum atomic E-state index is -2.81. The summed E-state index contributed by atoms with van der Waals surface area (Å²) in [5, 5.41) is 27.3. The zero-order chi connectivity index (χ0) is 24.9. The third kappa shape index (κ3) is 5.40. The number of anilines is 1. The van der Waals surface area contributed by atoms with Crippen molar-refractivity contribution in [3.8, 4) is 6.07 Å². The summed E-state index contributed by atoms with van der Waals surface area (Å²) in [6, 6.07) is 4.46. The molecule has 1 unspecified atom stereocenters. The molecular formula is C21H31N6O6P. The van der Waals surface area contributed by atoms with Gasteiger partial charge in [-0.1, -0.05) is 26.7 Å². The SMILES string of the molecule is CCC(CC)COC(=O)[C@H](C)N[PH](=O)OC[C@@H]1C[C@@H](O)[C@](C#N)(c2ccc3c(N)ncnn23)O1. The van der Waals surface area contributed by atoms with Crippen LogP contribution in [0.5, 0.6) is 0 Å². The van der Waals surface area contributed by atoms with Gasteiger partial charge < -0.3 is 24.8 Å². The minimum Gasteiger partial charge on any atom is -0.464 e. The average molecular weight is 494 g/mol. The molecule has 0 bridgehead atoms. The second kappa shape index (κ2) is 11.3. The predicted molar refractivity (Wildman–Crippen MR) is 123 cm³/mol. The molecule has 1 fully saturated rings. The number of aliphatic hydroxyl groups excluding tert-OH is 1. The molecule has 186 valence electrons. The van der Waals surface area contributed by atoms with Crippen LogP contribution in [0.1, 0.15) is 45.7 Å². The van der Waals surface area contributed by atoms with Crippen molar-refractivity contribution in [3.63, 3.8) is 0 Å². The smallest absolute Gasteiger partial charge is 0.323 e. The van der Waals surface area contributed by atoms with Gasteiger partial charge in [0, 0.05) is 6.42 Å². The first kappa shape index (κ1) is 26.1. The third-order valence-electron chi connectivity index (χ3n) is 6.04. The molecule has 3 heterocycles. The van der Waals surface area contributed by atoms with Crippen LogP contribution in [-0.4, -0.2) is 57.1 Å². The van der Waals surface area contributed by atoms with E-state index in [4.69, 9.17) is 19.7 Å². The Morgan fingerprint density at radius 1 is 1.50 bits per heavy atom. The molecule has 12 nitrogen and oxygen atoms in total. The number of carbonyl (C=O) groups excluding carboxylic acids is 1. The van der Waals surface area contributed by atoms with Crippen LogP contribution >= 0.6 is 8.18 Å². The van der Waals surface area contributed by atoms with Crippen LogP contribution in [0.2, 0.25) is 0 Å². The predicted octanol–water partition coefficient (Wildman–Crippen LogP) is 1.54. The Kier molecular flexibility index (Phi) is 8.62. The molecule has 2 aromatic rings. The van der Waals surface area contributed by atoms with Gasteiger partial charge in [-0.25, -0.2) is 14.6 Å². The Balaban J connectivity index is 1.57. The van der Waals surface area contributed by atoms with E-state index in [1.54, 1.807) is 19.1 Å². The Labute approximate surface area is 198 Å². The van der Waals surface area contributed by atoms with Gasteiger partial charge in [0.15, 0.2) is 5.82 Å². The summed E-state index contributed by atoms with van der Waals surface area (Å²) in [5.74, 6) is 0.00147. The first-order chi connectivity index (χ1) is 16.2. The number of nitrogen functional groups attached to an aromatic ring is 1. The molecule has 0 radical (unpaired) electrons. The monoisotopic (exact) mass is 494 g/mol. The lowest BCUT2D eigenvalue weighted by molar-refractivity contribution is -0.146. The van der Waals surface area contributed by atoms with Crippen LogP contribution in [0.25, 0.3) is 5.52 Å². The fourth-order valence-electron chi connectivity index (χ4n) is 3.83. The Morgan fingerprint density at radius 2 is 2.24 bits per heavy atom. The minimum absolute atomic E-state index is 0.0729. The molecule has 5 atom stereocenters. The van der Waals surface area contributed by atoms with E-state index in [0.29, 0.717) is 17.8 Å². The van der Waals surface area contributed by atoms with E-state index in [-0.39, 0.29) is 24.8 Å². The summed E-state index contributed by atoms with van der Waals surface area (Å²) >= 11 is 0. The summed E-state index contributed by atoms with van der Waals surface area (Å²) in [7, 11) is -2.81. The van der Waals surface area contributed by atoms with E-state index in [1.165, 1.54) is 10.8 Å². The number of carbonyl (C=O) groups is 1. The van der Waals surface area contributed by atoms with E-state index in [0.717, 1.165) is 12.8 Å². The largest absolute Gasteiger partial charge is 0.464 e. The molecule has 1 aliphatic heterocycles. The van der Waals surface area contributed by atoms with Crippen molar-refractivity contribution in [1.82, 2.24) is 19.7 Å². The van der Waals surface area contributed by atoms with Gasteiger partial charge >= 0.3 is 5.97 Å². The molecule has 1 saturated heterocycles. The fourth-order valence-corrected chi connectivity index (χ4v) is 4.72. The molecule has 0 aromatic carbocycles. The molecule has 34 heavy (non-hydrogen) atoms. The van der Waals surface area contributed by atoms with Gasteiger partial charge in [0.2, 0.25) is 5.60 Å². The Morgan fingerprint density at radius 3 is 2.91 bits per heavy atom. The van der Waals surface area contributed by atoms with E-state index in [9.17, 15) is 19.7 Å². The highest BCUT2D eigenvalue weighted by atomic mass is 31.1. The van der Waals surface area contributed by atoms with Crippen molar-refractivity contribution < 1.29 is 28.5 Å². The van der Waals surface area contributed by atoms with Crippen molar-refractivity contribution in [3.05, 3.63) is 24.2 Å². The van der Waals surface area contributed by atoms with E-state index in [1.807, 2.05) is 19.9 Å². The van der Waals surface area contributed by atoms with Crippen LogP contribution < -0.4 is 10.8 Å². The molecule has 0 spiro atoms. The molecule has 0 aliphatic carbocycles. The molecule has 4 N–H and O–H groups in total. The lowest BCUT2D eigenvalue weighted by Gasteiger charge is -2.24. The molecule has 0 amide bonds. The second-order valence-electron chi connectivity index (χ2n) is 8.28. The van der Waals surface area contributed by atoms with Crippen LogP contribution in [0.4, 0.5) is 5.82 Å². The number of aliphatic hydroxyl groups is 1. The fraction of sp³-hybridized carbons (Fsp3) is 0.619. The van der Waals surface area contributed by atoms with Gasteiger partial charge in [-0.05, 0) is 25.0 Å². The van der Waals surface area contributed by atoms with Crippen molar-refractivity contribution in [2.24, 2.45) is 5.92 Å². The summed E-state index contributed by atoms with van der Waals surface area (Å²) in [6.07, 6.45) is 1.23. The maximum atomic E-state index is 12.3. The maximum absolute atomic E-state index is 12.3. The number of hydrogen-bond donors (Lipinski definition) is 3. The normalized spacial score (nSPS) is 24.2. The van der Waals surface area contributed by atoms with Crippen molar-refractivity contribution in [1.29, 1.82) is 5.26 Å². The van der Waals surface area contributed by atoms with Gasteiger partial charge in [-0.2, -0.15) is 10.4 Å². The number of nitriles is 1. The zero-order valence-corrected chi connectivity index (χ0v) is 20.4. The van der Waals surface area contributed by atoms with Gasteiger partial charge in [0.1, 0.15) is 30.1 Å². The van der Waals surface area contributed by atoms with Gasteiger partial charge in [-0.3, -0.25) is 9.36 Å². The summed E-state index contributed by atoms with van der Waals surface area (Å²) in [5.41, 5.74) is 4.92. The summed E-state index contributed by atoms with van der Waals surface area (Å²) < 4.78 is 30.3. The number of esters is 1. The first-order valence-corrected chi connectivity index (χ1v) is 12.5. The van der Waals surface area contributed by atoms with Crippen LogP contribution in [0.15, 0.2) is 18.5 Å². The molecule has 13 heteroatoms.